The molecule has 0 aliphatic heterocycles. The molecular formula is C29H31N5OS. The molecule has 1 heterocycles. The number of aromatic nitrogens is 3. The average Bonchev–Trinajstić information content (AvgIpc) is 3.56. The SMILES string of the molecule is CCCCc1ccc(-n2nc3ccc(NC(=S)NC(=O)C4(c5ccccc5)CCCC4)cc3n2)cc1. The average molecular weight is 498 g/mol. The predicted molar refractivity (Wildman–Crippen MR) is 148 cm³/mol. The fourth-order valence-electron chi connectivity index (χ4n) is 5.05. The van der Waals surface area contributed by atoms with E-state index in [4.69, 9.17) is 12.2 Å². The van der Waals surface area contributed by atoms with E-state index in [0.717, 1.165) is 60.1 Å². The van der Waals surface area contributed by atoms with Gasteiger partial charge in [0.1, 0.15) is 11.0 Å². The van der Waals surface area contributed by atoms with Crippen molar-refractivity contribution in [2.24, 2.45) is 0 Å². The predicted octanol–water partition coefficient (Wildman–Crippen LogP) is 6.09. The second kappa shape index (κ2) is 10.6. The number of nitrogens with zero attached hydrogens (tertiary/aromatic N) is 3. The first-order chi connectivity index (χ1) is 17.6. The summed E-state index contributed by atoms with van der Waals surface area (Å²) < 4.78 is 0. The molecule has 6 nitrogen and oxygen atoms in total. The van der Waals surface area contributed by atoms with Crippen LogP contribution in [0.25, 0.3) is 16.7 Å². The number of anilines is 1. The lowest BCUT2D eigenvalue weighted by molar-refractivity contribution is -0.125. The molecule has 1 amide bonds. The maximum Gasteiger partial charge on any atom is 0.236 e. The zero-order valence-electron chi connectivity index (χ0n) is 20.5. The molecular weight excluding hydrogens is 466 g/mol. The molecule has 0 spiro atoms. The van der Waals surface area contributed by atoms with Crippen molar-refractivity contribution in [3.63, 3.8) is 0 Å². The molecule has 36 heavy (non-hydrogen) atoms. The van der Waals surface area contributed by atoms with Crippen LogP contribution in [-0.4, -0.2) is 26.0 Å². The third-order valence-electron chi connectivity index (χ3n) is 7.07. The van der Waals surface area contributed by atoms with Gasteiger partial charge in [-0.3, -0.25) is 4.79 Å². The third-order valence-corrected chi connectivity index (χ3v) is 7.27. The molecule has 184 valence electrons. The lowest BCUT2D eigenvalue weighted by Gasteiger charge is -2.28. The molecule has 5 rings (SSSR count). The van der Waals surface area contributed by atoms with Crippen LogP contribution < -0.4 is 10.6 Å². The van der Waals surface area contributed by atoms with E-state index in [1.54, 1.807) is 4.80 Å². The van der Waals surface area contributed by atoms with Crippen LogP contribution in [0.5, 0.6) is 0 Å². The van der Waals surface area contributed by atoms with E-state index in [1.165, 1.54) is 18.4 Å². The lowest BCUT2D eigenvalue weighted by atomic mass is 9.78. The molecule has 0 atom stereocenters. The van der Waals surface area contributed by atoms with Crippen LogP contribution in [0.15, 0.2) is 72.8 Å². The van der Waals surface area contributed by atoms with Crippen LogP contribution in [0.1, 0.15) is 56.6 Å². The number of carbonyl (C=O) groups excluding carboxylic acids is 1. The summed E-state index contributed by atoms with van der Waals surface area (Å²) in [5.74, 6) is -0.0434. The maximum atomic E-state index is 13.4. The molecule has 2 N–H and O–H groups in total. The van der Waals surface area contributed by atoms with Gasteiger partial charge in [0.15, 0.2) is 5.11 Å². The Bertz CT molecular complexity index is 1360. The van der Waals surface area contributed by atoms with E-state index < -0.39 is 5.41 Å². The minimum absolute atomic E-state index is 0.0434. The first-order valence-electron chi connectivity index (χ1n) is 12.7. The summed E-state index contributed by atoms with van der Waals surface area (Å²) in [6, 6.07) is 24.1. The Morgan fingerprint density at radius 1 is 0.972 bits per heavy atom. The molecule has 0 saturated heterocycles. The first kappa shape index (κ1) is 24.1. The van der Waals surface area contributed by atoms with Crippen molar-refractivity contribution in [3.8, 4) is 5.69 Å². The van der Waals surface area contributed by atoms with E-state index in [1.807, 2.05) is 48.5 Å². The summed E-state index contributed by atoms with van der Waals surface area (Å²) in [6.45, 7) is 2.20. The number of nitrogens with one attached hydrogen (secondary N) is 2. The van der Waals surface area contributed by atoms with E-state index in [2.05, 4.69) is 52.0 Å². The summed E-state index contributed by atoms with van der Waals surface area (Å²) in [6.07, 6.45) is 7.20. The van der Waals surface area contributed by atoms with Gasteiger partial charge in [-0.05, 0) is 79.4 Å². The number of carbonyl (C=O) groups is 1. The fraction of sp³-hybridized carbons (Fsp3) is 0.310. The standard InChI is InChI=1S/C29H31N5OS/c1-2-3-9-21-12-15-24(16-13-21)34-32-25-17-14-23(20-26(25)33-34)30-28(36)31-27(35)29(18-7-8-19-29)22-10-5-4-6-11-22/h4-6,10-17,20H,2-3,7-9,18-19H2,1H3,(H2,30,31,35,36). The van der Waals surface area contributed by atoms with Crippen LogP contribution in [0.3, 0.4) is 0 Å². The zero-order chi connectivity index (χ0) is 25.0. The van der Waals surface area contributed by atoms with Crippen LogP contribution in [-0.2, 0) is 16.6 Å². The number of unbranched alkanes of at least 4 members (excludes halogenated alkanes) is 1. The Labute approximate surface area is 217 Å². The molecule has 1 aliphatic rings. The number of rotatable bonds is 7. The van der Waals surface area contributed by atoms with E-state index >= 15 is 0 Å². The quantitative estimate of drug-likeness (QED) is 0.302. The molecule has 0 unspecified atom stereocenters. The highest BCUT2D eigenvalue weighted by atomic mass is 32.1. The first-order valence-corrected chi connectivity index (χ1v) is 13.1. The van der Waals surface area contributed by atoms with E-state index in [9.17, 15) is 4.79 Å². The van der Waals surface area contributed by atoms with Gasteiger partial charge in [-0.1, -0.05) is 68.7 Å². The second-order valence-corrected chi connectivity index (χ2v) is 9.93. The fourth-order valence-corrected chi connectivity index (χ4v) is 5.26. The Morgan fingerprint density at radius 3 is 2.42 bits per heavy atom. The minimum atomic E-state index is -0.522. The normalized spacial score (nSPS) is 14.6. The molecule has 0 bridgehead atoms. The van der Waals surface area contributed by atoms with Gasteiger partial charge in [-0.25, -0.2) is 0 Å². The number of aryl methyl sites for hydroxylation is 1. The van der Waals surface area contributed by atoms with Gasteiger partial charge >= 0.3 is 0 Å². The Hall–Kier alpha value is -3.58. The van der Waals surface area contributed by atoms with Crippen LogP contribution in [0.4, 0.5) is 5.69 Å². The Morgan fingerprint density at radius 2 is 1.69 bits per heavy atom. The molecule has 4 aromatic rings. The Kier molecular flexibility index (Phi) is 7.09. The number of fused-ring (bicyclic) bond motifs is 1. The van der Waals surface area contributed by atoms with Crippen molar-refractivity contribution in [2.75, 3.05) is 5.32 Å². The smallest absolute Gasteiger partial charge is 0.236 e. The van der Waals surface area contributed by atoms with Gasteiger partial charge in [0.2, 0.25) is 5.91 Å². The highest BCUT2D eigenvalue weighted by Gasteiger charge is 2.42. The van der Waals surface area contributed by atoms with Gasteiger partial charge in [0.05, 0.1) is 11.1 Å². The summed E-state index contributed by atoms with van der Waals surface area (Å²) in [7, 11) is 0. The molecule has 7 heteroatoms. The van der Waals surface area contributed by atoms with Gasteiger partial charge in [0.25, 0.3) is 0 Å². The van der Waals surface area contributed by atoms with Crippen molar-refractivity contribution in [1.29, 1.82) is 0 Å². The monoisotopic (exact) mass is 497 g/mol. The zero-order valence-corrected chi connectivity index (χ0v) is 21.4. The van der Waals surface area contributed by atoms with Gasteiger partial charge < -0.3 is 10.6 Å². The van der Waals surface area contributed by atoms with Crippen LogP contribution in [0.2, 0.25) is 0 Å². The summed E-state index contributed by atoms with van der Waals surface area (Å²) in [5.41, 5.74) is 5.08. The van der Waals surface area contributed by atoms with Crippen molar-refractivity contribution in [3.05, 3.63) is 83.9 Å². The van der Waals surface area contributed by atoms with Crippen LogP contribution in [0, 0.1) is 0 Å². The summed E-state index contributed by atoms with van der Waals surface area (Å²) >= 11 is 5.51. The van der Waals surface area contributed by atoms with Gasteiger partial charge in [0, 0.05) is 5.69 Å². The van der Waals surface area contributed by atoms with Crippen molar-refractivity contribution in [1.82, 2.24) is 20.3 Å². The maximum absolute atomic E-state index is 13.4. The topological polar surface area (TPSA) is 71.8 Å². The van der Waals surface area contributed by atoms with Crippen molar-refractivity contribution >= 4 is 40.0 Å². The number of amides is 1. The Balaban J connectivity index is 1.28. The molecule has 3 aromatic carbocycles. The van der Waals surface area contributed by atoms with E-state index in [0.29, 0.717) is 0 Å². The highest BCUT2D eigenvalue weighted by Crippen LogP contribution is 2.41. The number of benzene rings is 3. The van der Waals surface area contributed by atoms with Crippen LogP contribution >= 0.6 is 12.2 Å². The molecule has 1 saturated carbocycles. The molecule has 1 aromatic heterocycles. The second-order valence-electron chi connectivity index (χ2n) is 9.53. The highest BCUT2D eigenvalue weighted by molar-refractivity contribution is 7.80. The number of thiocarbonyl (C=S) groups is 1. The van der Waals surface area contributed by atoms with Gasteiger partial charge in [-0.15, -0.1) is 10.2 Å². The lowest BCUT2D eigenvalue weighted by Crippen LogP contribution is -2.46. The molecule has 1 fully saturated rings. The van der Waals surface area contributed by atoms with Gasteiger partial charge in [-0.2, -0.15) is 4.80 Å². The largest absolute Gasteiger partial charge is 0.332 e. The van der Waals surface area contributed by atoms with Crippen molar-refractivity contribution < 1.29 is 4.79 Å². The third kappa shape index (κ3) is 5.02. The van der Waals surface area contributed by atoms with E-state index in [-0.39, 0.29) is 11.0 Å². The number of hydrogen-bond donors (Lipinski definition) is 2. The van der Waals surface area contributed by atoms with Crippen molar-refractivity contribution in [2.45, 2.75) is 57.3 Å². The summed E-state index contributed by atoms with van der Waals surface area (Å²) in [4.78, 5) is 15.0. The molecule has 1 aliphatic carbocycles. The molecule has 0 radical (unpaired) electrons. The number of hydrogen-bond acceptors (Lipinski definition) is 4. The summed E-state index contributed by atoms with van der Waals surface area (Å²) in [5, 5.41) is 15.7. The minimum Gasteiger partial charge on any atom is -0.332 e.